The molecular weight excluding hydrogens is 487 g/mol. The van der Waals surface area contributed by atoms with Crippen molar-refractivity contribution >= 4 is 39.8 Å². The SMILES string of the molecule is CC#CCOc1ccc(S(=O)(=O)C2(C(=O)NO)CCCN(Cc3ccc(Cl)cc3)C2)cc1.Cl. The van der Waals surface area contributed by atoms with Crippen LogP contribution in [-0.4, -0.2) is 48.9 Å². The maximum Gasteiger partial charge on any atom is 0.266 e. The predicted octanol–water partition coefficient (Wildman–Crippen LogP) is 3.48. The van der Waals surface area contributed by atoms with Gasteiger partial charge >= 0.3 is 0 Å². The van der Waals surface area contributed by atoms with Crippen LogP contribution < -0.4 is 10.2 Å². The Labute approximate surface area is 205 Å². The number of rotatable bonds is 7. The lowest BCUT2D eigenvalue weighted by Crippen LogP contribution is -2.60. The number of benzene rings is 2. The number of ether oxygens (including phenoxy) is 1. The van der Waals surface area contributed by atoms with E-state index in [1.165, 1.54) is 24.3 Å². The average Bonchev–Trinajstić information content (AvgIpc) is 2.80. The summed E-state index contributed by atoms with van der Waals surface area (Å²) in [7, 11) is -4.13. The fourth-order valence-electron chi connectivity index (χ4n) is 3.85. The Morgan fingerprint density at radius 3 is 2.48 bits per heavy atom. The Hall–Kier alpha value is -2.28. The van der Waals surface area contributed by atoms with E-state index in [0.29, 0.717) is 30.3 Å². The molecule has 1 saturated heterocycles. The summed E-state index contributed by atoms with van der Waals surface area (Å²) < 4.78 is 30.9. The number of sulfone groups is 1. The molecule has 1 unspecified atom stereocenters. The van der Waals surface area contributed by atoms with Gasteiger partial charge in [0.05, 0.1) is 4.90 Å². The lowest BCUT2D eigenvalue weighted by Gasteiger charge is -2.40. The van der Waals surface area contributed by atoms with Crippen LogP contribution in [0, 0.1) is 11.8 Å². The fraction of sp³-hybridized carbons (Fsp3) is 0.348. The Balaban J connectivity index is 0.00000385. The molecule has 2 aromatic carbocycles. The monoisotopic (exact) mass is 512 g/mol. The lowest BCUT2D eigenvalue weighted by atomic mass is 9.95. The van der Waals surface area contributed by atoms with Crippen LogP contribution in [0.5, 0.6) is 5.75 Å². The Bertz CT molecular complexity index is 1110. The van der Waals surface area contributed by atoms with Gasteiger partial charge in [-0.2, -0.15) is 0 Å². The van der Waals surface area contributed by atoms with Crippen molar-refractivity contribution in [2.45, 2.75) is 36.0 Å². The Morgan fingerprint density at radius 2 is 1.88 bits per heavy atom. The van der Waals surface area contributed by atoms with Crippen molar-refractivity contribution in [2.75, 3.05) is 19.7 Å². The molecular formula is C23H26Cl2N2O5S. The molecule has 0 aliphatic carbocycles. The zero-order valence-corrected chi connectivity index (χ0v) is 20.5. The van der Waals surface area contributed by atoms with E-state index < -0.39 is 20.5 Å². The van der Waals surface area contributed by atoms with Gasteiger partial charge in [0, 0.05) is 18.1 Å². The van der Waals surface area contributed by atoms with Crippen LogP contribution >= 0.6 is 24.0 Å². The van der Waals surface area contributed by atoms with Crippen molar-refractivity contribution in [1.29, 1.82) is 0 Å². The molecule has 1 amide bonds. The van der Waals surface area contributed by atoms with E-state index >= 15 is 0 Å². The second-order valence-corrected chi connectivity index (χ2v) is 10.3. The number of hydrogen-bond donors (Lipinski definition) is 2. The van der Waals surface area contributed by atoms with Crippen molar-refractivity contribution < 1.29 is 23.2 Å². The largest absolute Gasteiger partial charge is 0.481 e. The number of carbonyl (C=O) groups is 1. The molecule has 7 nitrogen and oxygen atoms in total. The summed E-state index contributed by atoms with van der Waals surface area (Å²) in [6.07, 6.45) is 0.584. The summed E-state index contributed by atoms with van der Waals surface area (Å²) in [5.74, 6) is 5.02. The van der Waals surface area contributed by atoms with Crippen LogP contribution in [0.2, 0.25) is 5.02 Å². The summed E-state index contributed by atoms with van der Waals surface area (Å²) in [6.45, 7) is 2.93. The number of nitrogens with zero attached hydrogens (tertiary/aromatic N) is 1. The van der Waals surface area contributed by atoms with Gasteiger partial charge in [-0.15, -0.1) is 18.3 Å². The number of hydroxylamine groups is 1. The molecule has 1 aliphatic heterocycles. The first-order valence-electron chi connectivity index (χ1n) is 10.1. The van der Waals surface area contributed by atoms with Crippen LogP contribution in [0.4, 0.5) is 0 Å². The predicted molar refractivity (Wildman–Crippen MR) is 128 cm³/mol. The number of nitrogens with one attached hydrogen (secondary N) is 1. The molecule has 2 aromatic rings. The van der Waals surface area contributed by atoms with Gasteiger partial charge in [-0.1, -0.05) is 29.7 Å². The summed E-state index contributed by atoms with van der Waals surface area (Å²) >= 11 is 5.95. The van der Waals surface area contributed by atoms with E-state index in [1.54, 1.807) is 24.5 Å². The molecule has 0 radical (unpaired) electrons. The molecule has 0 aromatic heterocycles. The molecule has 0 bridgehead atoms. The highest BCUT2D eigenvalue weighted by Crippen LogP contribution is 2.36. The standard InChI is InChI=1S/C23H25ClN2O5S.ClH/c1-2-3-15-31-20-9-11-21(12-10-20)32(29,30)23(22(27)25-28)13-4-14-26(17-23)16-18-5-7-19(24)8-6-18;/h5-12,28H,4,13-17H2,1H3,(H,25,27);1H. The van der Waals surface area contributed by atoms with E-state index in [1.807, 2.05) is 17.0 Å². The minimum atomic E-state index is -4.13. The summed E-state index contributed by atoms with van der Waals surface area (Å²) in [5, 5.41) is 10.0. The van der Waals surface area contributed by atoms with Gasteiger partial charge in [0.15, 0.2) is 14.6 Å². The highest BCUT2D eigenvalue weighted by molar-refractivity contribution is 7.93. The molecule has 0 saturated carbocycles. The van der Waals surface area contributed by atoms with Gasteiger partial charge in [0.25, 0.3) is 5.91 Å². The summed E-state index contributed by atoms with van der Waals surface area (Å²) in [6, 6.07) is 13.1. The summed E-state index contributed by atoms with van der Waals surface area (Å²) in [5.41, 5.74) is 2.53. The molecule has 3 rings (SSSR count). The Kier molecular flexibility index (Phi) is 9.58. The van der Waals surface area contributed by atoms with Crippen molar-refractivity contribution in [2.24, 2.45) is 0 Å². The van der Waals surface area contributed by atoms with Gasteiger partial charge in [0.2, 0.25) is 0 Å². The van der Waals surface area contributed by atoms with Crippen LogP contribution in [0.25, 0.3) is 0 Å². The van der Waals surface area contributed by atoms with E-state index in [2.05, 4.69) is 11.8 Å². The van der Waals surface area contributed by atoms with Crippen LogP contribution in [-0.2, 0) is 21.2 Å². The first-order valence-corrected chi connectivity index (χ1v) is 12.0. The van der Waals surface area contributed by atoms with Crippen molar-refractivity contribution in [3.05, 3.63) is 59.1 Å². The minimum absolute atomic E-state index is 0. The number of carbonyl (C=O) groups excluding carboxylic acids is 1. The van der Waals surface area contributed by atoms with E-state index in [0.717, 1.165) is 5.56 Å². The molecule has 1 aliphatic rings. The molecule has 2 N–H and O–H groups in total. The quantitative estimate of drug-likeness (QED) is 0.335. The number of amides is 1. The zero-order chi connectivity index (χ0) is 23.2. The van der Waals surface area contributed by atoms with E-state index in [-0.39, 0.29) is 36.9 Å². The minimum Gasteiger partial charge on any atom is -0.481 e. The van der Waals surface area contributed by atoms with Crippen LogP contribution in [0.1, 0.15) is 25.3 Å². The topological polar surface area (TPSA) is 95.9 Å². The second kappa shape index (κ2) is 11.7. The third kappa shape index (κ3) is 5.99. The first kappa shape index (κ1) is 27.0. The number of hydrogen-bond acceptors (Lipinski definition) is 6. The molecule has 1 atom stereocenters. The third-order valence-corrected chi connectivity index (χ3v) is 8.20. The van der Waals surface area contributed by atoms with Gasteiger partial charge in [0.1, 0.15) is 12.4 Å². The highest BCUT2D eigenvalue weighted by atomic mass is 35.5. The molecule has 10 heteroatoms. The molecule has 0 spiro atoms. The summed E-state index contributed by atoms with van der Waals surface area (Å²) in [4.78, 5) is 14.7. The van der Waals surface area contributed by atoms with Crippen molar-refractivity contribution in [3.63, 3.8) is 0 Å². The maximum absolute atomic E-state index is 13.6. The maximum atomic E-state index is 13.6. The average molecular weight is 513 g/mol. The van der Waals surface area contributed by atoms with E-state index in [9.17, 15) is 18.4 Å². The van der Waals surface area contributed by atoms with Gasteiger partial charge in [-0.3, -0.25) is 14.9 Å². The molecule has 1 fully saturated rings. The lowest BCUT2D eigenvalue weighted by molar-refractivity contribution is -0.133. The normalized spacial score (nSPS) is 18.4. The van der Waals surface area contributed by atoms with Crippen molar-refractivity contribution in [3.8, 4) is 17.6 Å². The van der Waals surface area contributed by atoms with Crippen molar-refractivity contribution in [1.82, 2.24) is 10.4 Å². The smallest absolute Gasteiger partial charge is 0.266 e. The Morgan fingerprint density at radius 1 is 1.21 bits per heavy atom. The van der Waals surface area contributed by atoms with Crippen LogP contribution in [0.3, 0.4) is 0 Å². The number of likely N-dealkylation sites (tertiary alicyclic amines) is 1. The van der Waals surface area contributed by atoms with Crippen LogP contribution in [0.15, 0.2) is 53.4 Å². The second-order valence-electron chi connectivity index (χ2n) is 7.57. The molecule has 33 heavy (non-hydrogen) atoms. The van der Waals surface area contributed by atoms with E-state index in [4.69, 9.17) is 16.3 Å². The number of piperidine rings is 1. The molecule has 178 valence electrons. The first-order chi connectivity index (χ1) is 15.3. The van der Waals surface area contributed by atoms with Gasteiger partial charge < -0.3 is 4.74 Å². The fourth-order valence-corrected chi connectivity index (χ4v) is 5.98. The van der Waals surface area contributed by atoms with Gasteiger partial charge in [-0.25, -0.2) is 13.9 Å². The highest BCUT2D eigenvalue weighted by Gasteiger charge is 2.53. The third-order valence-electron chi connectivity index (χ3n) is 5.50. The van der Waals surface area contributed by atoms with Gasteiger partial charge in [-0.05, 0) is 68.3 Å². The zero-order valence-electron chi connectivity index (χ0n) is 18.1. The number of halogens is 2. The molecule has 1 heterocycles.